The molecule has 0 atom stereocenters. The second-order valence-electron chi connectivity index (χ2n) is 5.58. The van der Waals surface area contributed by atoms with E-state index in [1.165, 1.54) is 64.5 Å². The molecule has 2 aliphatic rings. The number of piperidine rings is 1. The fourth-order valence-electron chi connectivity index (χ4n) is 3.57. The Bertz CT molecular complexity index is 181. The van der Waals surface area contributed by atoms with Gasteiger partial charge < -0.3 is 10.6 Å². The summed E-state index contributed by atoms with van der Waals surface area (Å²) in [5.74, 6) is 0. The van der Waals surface area contributed by atoms with Crippen molar-refractivity contribution >= 4 is 0 Å². The van der Waals surface area contributed by atoms with Crippen molar-refractivity contribution in [3.05, 3.63) is 0 Å². The van der Waals surface area contributed by atoms with Gasteiger partial charge in [-0.15, -0.1) is 0 Å². The normalized spacial score (nSPS) is 27.8. The van der Waals surface area contributed by atoms with E-state index >= 15 is 0 Å². The van der Waals surface area contributed by atoms with Crippen LogP contribution in [0.5, 0.6) is 0 Å². The molecule has 0 aromatic rings. The Morgan fingerprint density at radius 2 is 1.60 bits per heavy atom. The minimum absolute atomic E-state index is 0.684. The van der Waals surface area contributed by atoms with Crippen molar-refractivity contribution in [3.63, 3.8) is 0 Å². The van der Waals surface area contributed by atoms with Crippen LogP contribution in [0.3, 0.4) is 0 Å². The summed E-state index contributed by atoms with van der Waals surface area (Å²) in [7, 11) is 0. The van der Waals surface area contributed by atoms with Crippen LogP contribution >= 0.6 is 0 Å². The monoisotopic (exact) mass is 210 g/mol. The summed E-state index contributed by atoms with van der Waals surface area (Å²) < 4.78 is 0. The van der Waals surface area contributed by atoms with Gasteiger partial charge in [0.05, 0.1) is 0 Å². The first-order valence-corrected chi connectivity index (χ1v) is 6.77. The lowest BCUT2D eigenvalue weighted by Gasteiger charge is -2.42. The van der Waals surface area contributed by atoms with Gasteiger partial charge in [-0.2, -0.15) is 0 Å². The fraction of sp³-hybridized carbons (Fsp3) is 1.00. The average Bonchev–Trinajstić information content (AvgIpc) is 2.45. The Morgan fingerprint density at radius 1 is 0.933 bits per heavy atom. The molecule has 1 heterocycles. The number of likely N-dealkylation sites (tertiary alicyclic amines) is 1. The van der Waals surface area contributed by atoms with Crippen LogP contribution in [0.15, 0.2) is 0 Å². The number of nitrogens with zero attached hydrogens (tertiary/aromatic N) is 1. The second-order valence-corrected chi connectivity index (χ2v) is 5.58. The quantitative estimate of drug-likeness (QED) is 0.758. The Morgan fingerprint density at radius 3 is 2.27 bits per heavy atom. The van der Waals surface area contributed by atoms with Gasteiger partial charge in [-0.1, -0.05) is 25.7 Å². The van der Waals surface area contributed by atoms with Crippen LogP contribution in [-0.2, 0) is 0 Å². The van der Waals surface area contributed by atoms with E-state index < -0.39 is 0 Å². The predicted octanol–water partition coefficient (Wildman–Crippen LogP) is 2.38. The van der Waals surface area contributed by atoms with Crippen LogP contribution in [0.4, 0.5) is 0 Å². The Labute approximate surface area is 94.2 Å². The molecule has 1 saturated heterocycles. The standard InChI is InChI=1S/C13H26N2/c14-9-11-15-10-5-8-13(12-15)6-3-1-2-4-7-13/h1-12,14H2. The molecule has 2 N–H and O–H groups in total. The summed E-state index contributed by atoms with van der Waals surface area (Å²) in [4.78, 5) is 2.61. The molecule has 88 valence electrons. The van der Waals surface area contributed by atoms with Crippen molar-refractivity contribution in [1.82, 2.24) is 4.90 Å². The summed E-state index contributed by atoms with van der Waals surface area (Å²) >= 11 is 0. The molecule has 2 rings (SSSR count). The van der Waals surface area contributed by atoms with Gasteiger partial charge >= 0.3 is 0 Å². The molecule has 0 aromatic heterocycles. The van der Waals surface area contributed by atoms with E-state index in [0.29, 0.717) is 5.41 Å². The first kappa shape index (κ1) is 11.4. The number of nitrogens with two attached hydrogens (primary N) is 1. The summed E-state index contributed by atoms with van der Waals surface area (Å²) in [5, 5.41) is 0. The number of hydrogen-bond donors (Lipinski definition) is 1. The topological polar surface area (TPSA) is 29.3 Å². The van der Waals surface area contributed by atoms with Crippen LogP contribution in [0.2, 0.25) is 0 Å². The number of hydrogen-bond acceptors (Lipinski definition) is 2. The van der Waals surface area contributed by atoms with Gasteiger partial charge in [-0.05, 0) is 37.6 Å². The lowest BCUT2D eigenvalue weighted by molar-refractivity contribution is 0.0758. The molecule has 0 unspecified atom stereocenters. The fourth-order valence-corrected chi connectivity index (χ4v) is 3.57. The van der Waals surface area contributed by atoms with E-state index in [1.807, 2.05) is 0 Å². The lowest BCUT2D eigenvalue weighted by Crippen LogP contribution is -2.44. The molecule has 1 aliphatic carbocycles. The van der Waals surface area contributed by atoms with Gasteiger partial charge in [-0.3, -0.25) is 0 Å². The van der Waals surface area contributed by atoms with Crippen LogP contribution in [0, 0.1) is 5.41 Å². The molecule has 0 aromatic carbocycles. The van der Waals surface area contributed by atoms with Gasteiger partial charge in [0.25, 0.3) is 0 Å². The largest absolute Gasteiger partial charge is 0.329 e. The van der Waals surface area contributed by atoms with E-state index in [4.69, 9.17) is 5.73 Å². The maximum Gasteiger partial charge on any atom is 0.0105 e. The highest BCUT2D eigenvalue weighted by atomic mass is 15.1. The second kappa shape index (κ2) is 5.31. The zero-order valence-electron chi connectivity index (χ0n) is 10.0. The minimum Gasteiger partial charge on any atom is -0.329 e. The molecule has 1 saturated carbocycles. The third kappa shape index (κ3) is 2.94. The van der Waals surface area contributed by atoms with Crippen molar-refractivity contribution in [1.29, 1.82) is 0 Å². The van der Waals surface area contributed by atoms with E-state index in [2.05, 4.69) is 4.90 Å². The van der Waals surface area contributed by atoms with Crippen molar-refractivity contribution in [2.75, 3.05) is 26.2 Å². The van der Waals surface area contributed by atoms with Crippen LogP contribution in [-0.4, -0.2) is 31.1 Å². The van der Waals surface area contributed by atoms with E-state index in [0.717, 1.165) is 13.1 Å². The third-order valence-electron chi connectivity index (χ3n) is 4.35. The molecule has 0 radical (unpaired) electrons. The zero-order chi connectivity index (χ0) is 10.6. The summed E-state index contributed by atoms with van der Waals surface area (Å²) in [6.07, 6.45) is 11.7. The molecule has 2 nitrogen and oxygen atoms in total. The van der Waals surface area contributed by atoms with Crippen molar-refractivity contribution in [3.8, 4) is 0 Å². The summed E-state index contributed by atoms with van der Waals surface area (Å²) in [6, 6.07) is 0. The van der Waals surface area contributed by atoms with Crippen LogP contribution in [0.25, 0.3) is 0 Å². The van der Waals surface area contributed by atoms with Gasteiger partial charge in [0.1, 0.15) is 0 Å². The molecular weight excluding hydrogens is 184 g/mol. The molecule has 0 bridgehead atoms. The molecule has 1 aliphatic heterocycles. The molecule has 1 spiro atoms. The molecule has 0 amide bonds. The van der Waals surface area contributed by atoms with Crippen molar-refractivity contribution in [2.45, 2.75) is 51.4 Å². The van der Waals surface area contributed by atoms with E-state index in [1.54, 1.807) is 0 Å². The highest BCUT2D eigenvalue weighted by Gasteiger charge is 2.34. The summed E-state index contributed by atoms with van der Waals surface area (Å²) in [5.41, 5.74) is 6.35. The van der Waals surface area contributed by atoms with Crippen LogP contribution in [0.1, 0.15) is 51.4 Å². The van der Waals surface area contributed by atoms with E-state index in [-0.39, 0.29) is 0 Å². The Kier molecular flexibility index (Phi) is 4.04. The smallest absolute Gasteiger partial charge is 0.0105 e. The van der Waals surface area contributed by atoms with Crippen molar-refractivity contribution < 1.29 is 0 Å². The zero-order valence-corrected chi connectivity index (χ0v) is 10.0. The Balaban J connectivity index is 1.93. The molecule has 15 heavy (non-hydrogen) atoms. The SMILES string of the molecule is NCCN1CCCC2(CCCCCC2)C1. The highest BCUT2D eigenvalue weighted by Crippen LogP contribution is 2.41. The van der Waals surface area contributed by atoms with Gasteiger partial charge in [0.15, 0.2) is 0 Å². The minimum atomic E-state index is 0.684. The van der Waals surface area contributed by atoms with Crippen LogP contribution < -0.4 is 5.73 Å². The van der Waals surface area contributed by atoms with Gasteiger partial charge in [0, 0.05) is 19.6 Å². The first-order valence-electron chi connectivity index (χ1n) is 6.77. The maximum absolute atomic E-state index is 5.67. The third-order valence-corrected chi connectivity index (χ3v) is 4.35. The Hall–Kier alpha value is -0.0800. The molecular formula is C13H26N2. The van der Waals surface area contributed by atoms with E-state index in [9.17, 15) is 0 Å². The van der Waals surface area contributed by atoms with Gasteiger partial charge in [0.2, 0.25) is 0 Å². The van der Waals surface area contributed by atoms with Gasteiger partial charge in [-0.25, -0.2) is 0 Å². The highest BCUT2D eigenvalue weighted by molar-refractivity contribution is 4.88. The first-order chi connectivity index (χ1) is 7.35. The molecule has 2 heteroatoms. The molecule has 2 fully saturated rings. The average molecular weight is 210 g/mol. The van der Waals surface area contributed by atoms with Crippen molar-refractivity contribution in [2.24, 2.45) is 11.1 Å². The predicted molar refractivity (Wildman–Crippen MR) is 64.9 cm³/mol. The lowest BCUT2D eigenvalue weighted by atomic mass is 9.74. The maximum atomic E-state index is 5.67. The number of rotatable bonds is 2. The summed E-state index contributed by atoms with van der Waals surface area (Å²) in [6.45, 7) is 4.57.